The maximum absolute atomic E-state index is 13.0. The number of halogens is 3. The first kappa shape index (κ1) is 22.6. The molecular weight excluding hydrogens is 483 g/mol. The highest BCUT2D eigenvalue weighted by molar-refractivity contribution is 6.36. The van der Waals surface area contributed by atoms with Crippen molar-refractivity contribution in [2.75, 3.05) is 36.5 Å². The number of carbonyl (C=O) groups is 1. The highest BCUT2D eigenvalue weighted by Gasteiger charge is 2.37. The fraction of sp³-hybridized carbons (Fsp3) is 0.435. The average Bonchev–Trinajstić information content (AvgIpc) is 3.18. The van der Waals surface area contributed by atoms with E-state index < -0.39 is 0 Å². The number of hydrogen-bond donors (Lipinski definition) is 1. The Morgan fingerprint density at radius 2 is 1.97 bits per heavy atom. The average molecular weight is 508 g/mol. The van der Waals surface area contributed by atoms with Gasteiger partial charge in [-0.3, -0.25) is 4.79 Å². The van der Waals surface area contributed by atoms with Crippen LogP contribution in [0.5, 0.6) is 0 Å². The van der Waals surface area contributed by atoms with Gasteiger partial charge < -0.3 is 19.7 Å². The molecule has 1 amide bonds. The van der Waals surface area contributed by atoms with Gasteiger partial charge in [0.05, 0.1) is 22.3 Å². The van der Waals surface area contributed by atoms with Crippen LogP contribution >= 0.6 is 34.8 Å². The standard InChI is InChI=1S/C23H25Cl3N6O/c1-13(33)32(19-7-9-30(2)21-16(19)10-14(24)11-17(21)25)15-4-3-8-31(12-15)23-27-18-5-6-20(26)28-22(18)29-23/h5-6,10-11,15,19H,3-4,7-9,12H2,1-2H3,(H,27,28,29)/t15-,19?/m0/s1. The summed E-state index contributed by atoms with van der Waals surface area (Å²) in [6, 6.07) is 7.31. The van der Waals surface area contributed by atoms with Crippen LogP contribution in [0.3, 0.4) is 0 Å². The van der Waals surface area contributed by atoms with E-state index in [1.807, 2.05) is 24.1 Å². The molecule has 4 heterocycles. The lowest BCUT2D eigenvalue weighted by Gasteiger charge is -2.46. The molecule has 7 nitrogen and oxygen atoms in total. The van der Waals surface area contributed by atoms with E-state index in [1.54, 1.807) is 19.1 Å². The molecule has 0 saturated carbocycles. The lowest BCUT2D eigenvalue weighted by Crippen LogP contribution is -2.52. The Morgan fingerprint density at radius 1 is 1.15 bits per heavy atom. The summed E-state index contributed by atoms with van der Waals surface area (Å²) in [4.78, 5) is 31.7. The van der Waals surface area contributed by atoms with Crippen LogP contribution in [0.4, 0.5) is 11.6 Å². The number of nitrogens with one attached hydrogen (secondary N) is 1. The molecule has 1 saturated heterocycles. The van der Waals surface area contributed by atoms with Crippen LogP contribution in [0, 0.1) is 0 Å². The van der Waals surface area contributed by atoms with E-state index in [0.29, 0.717) is 27.4 Å². The molecule has 3 aromatic rings. The Morgan fingerprint density at radius 3 is 2.76 bits per heavy atom. The van der Waals surface area contributed by atoms with E-state index in [9.17, 15) is 4.79 Å². The van der Waals surface area contributed by atoms with Gasteiger partial charge >= 0.3 is 0 Å². The number of pyridine rings is 1. The van der Waals surface area contributed by atoms with Gasteiger partial charge in [0.1, 0.15) is 5.15 Å². The first-order chi connectivity index (χ1) is 15.8. The van der Waals surface area contributed by atoms with Crippen molar-refractivity contribution in [1.82, 2.24) is 19.9 Å². The number of H-pyrrole nitrogens is 1. The van der Waals surface area contributed by atoms with Gasteiger partial charge in [0, 0.05) is 50.2 Å². The first-order valence-corrected chi connectivity index (χ1v) is 12.2. The number of nitrogens with zero attached hydrogens (tertiary/aromatic N) is 5. The molecule has 5 rings (SSSR count). The molecule has 33 heavy (non-hydrogen) atoms. The number of piperidine rings is 1. The van der Waals surface area contributed by atoms with E-state index in [1.165, 1.54) is 0 Å². The number of aromatic amines is 1. The summed E-state index contributed by atoms with van der Waals surface area (Å²) in [5.74, 6) is 0.805. The minimum absolute atomic E-state index is 0.0417. The number of amides is 1. The number of fused-ring (bicyclic) bond motifs is 2. The van der Waals surface area contributed by atoms with Crippen molar-refractivity contribution in [2.24, 2.45) is 0 Å². The number of hydrogen-bond acceptors (Lipinski definition) is 5. The van der Waals surface area contributed by atoms with Crippen molar-refractivity contribution in [1.29, 1.82) is 0 Å². The molecule has 2 aliphatic heterocycles. The maximum atomic E-state index is 13.0. The number of anilines is 2. The van der Waals surface area contributed by atoms with E-state index in [2.05, 4.69) is 24.8 Å². The molecule has 174 valence electrons. The summed E-state index contributed by atoms with van der Waals surface area (Å²) in [6.07, 6.45) is 2.70. The van der Waals surface area contributed by atoms with Gasteiger partial charge in [0.15, 0.2) is 5.65 Å². The largest absolute Gasteiger partial charge is 0.373 e. The Bertz CT molecular complexity index is 1210. The van der Waals surface area contributed by atoms with Crippen LogP contribution in [-0.2, 0) is 4.79 Å². The van der Waals surface area contributed by atoms with E-state index in [0.717, 1.165) is 55.1 Å². The first-order valence-electron chi connectivity index (χ1n) is 11.1. The zero-order valence-electron chi connectivity index (χ0n) is 18.5. The van der Waals surface area contributed by atoms with Crippen LogP contribution < -0.4 is 9.80 Å². The van der Waals surface area contributed by atoms with Gasteiger partial charge in [-0.1, -0.05) is 34.8 Å². The van der Waals surface area contributed by atoms with Gasteiger partial charge in [-0.25, -0.2) is 4.98 Å². The molecule has 2 aromatic heterocycles. The molecular formula is C23H25Cl3N6O. The molecule has 0 radical (unpaired) electrons. The molecule has 1 aromatic carbocycles. The molecule has 2 aliphatic rings. The molecule has 1 unspecified atom stereocenters. The Labute approximate surface area is 207 Å². The summed E-state index contributed by atoms with van der Waals surface area (Å²) in [5, 5.41) is 1.62. The Balaban J connectivity index is 1.46. The second kappa shape index (κ2) is 8.85. The summed E-state index contributed by atoms with van der Waals surface area (Å²) >= 11 is 19.0. The Kier molecular flexibility index (Phi) is 6.05. The third-order valence-electron chi connectivity index (χ3n) is 6.62. The molecule has 0 aliphatic carbocycles. The predicted molar refractivity (Wildman–Crippen MR) is 134 cm³/mol. The smallest absolute Gasteiger partial charge is 0.220 e. The van der Waals surface area contributed by atoms with E-state index in [4.69, 9.17) is 34.8 Å². The number of aromatic nitrogens is 3. The van der Waals surface area contributed by atoms with Crippen molar-refractivity contribution in [3.8, 4) is 0 Å². The van der Waals surface area contributed by atoms with E-state index in [-0.39, 0.29) is 18.0 Å². The van der Waals surface area contributed by atoms with Crippen LogP contribution in [-0.4, -0.2) is 58.5 Å². The van der Waals surface area contributed by atoms with Crippen LogP contribution in [0.15, 0.2) is 24.3 Å². The van der Waals surface area contributed by atoms with Crippen LogP contribution in [0.1, 0.15) is 37.8 Å². The van der Waals surface area contributed by atoms with Gasteiger partial charge in [0.2, 0.25) is 11.9 Å². The molecule has 1 fully saturated rings. The summed E-state index contributed by atoms with van der Waals surface area (Å²) in [5.41, 5.74) is 3.40. The number of carbonyl (C=O) groups excluding carboxylic acids is 1. The lowest BCUT2D eigenvalue weighted by atomic mass is 9.92. The van der Waals surface area contributed by atoms with Crippen LogP contribution in [0.2, 0.25) is 15.2 Å². The number of imidazole rings is 1. The third-order valence-corrected chi connectivity index (χ3v) is 7.34. The second-order valence-corrected chi connectivity index (χ2v) is 10.0. The zero-order chi connectivity index (χ0) is 23.3. The quantitative estimate of drug-likeness (QED) is 0.486. The highest BCUT2D eigenvalue weighted by atomic mass is 35.5. The molecule has 2 atom stereocenters. The summed E-state index contributed by atoms with van der Waals surface area (Å²) in [7, 11) is 2.02. The summed E-state index contributed by atoms with van der Waals surface area (Å²) < 4.78 is 0. The monoisotopic (exact) mass is 506 g/mol. The molecule has 1 N–H and O–H groups in total. The van der Waals surface area contributed by atoms with Crippen molar-refractivity contribution >= 4 is 63.5 Å². The summed E-state index contributed by atoms with van der Waals surface area (Å²) in [6.45, 7) is 4.01. The SMILES string of the molecule is CC(=O)N(C1CCN(C)c2c(Cl)cc(Cl)cc21)[C@H]1CCCN(c2nc3nc(Cl)ccc3[nH]2)C1. The van der Waals surface area contributed by atoms with Crippen LogP contribution in [0.25, 0.3) is 11.2 Å². The van der Waals surface area contributed by atoms with Crippen molar-refractivity contribution in [2.45, 2.75) is 38.3 Å². The third kappa shape index (κ3) is 4.22. The molecule has 0 spiro atoms. The van der Waals surface area contributed by atoms with Crippen molar-refractivity contribution in [3.05, 3.63) is 45.0 Å². The fourth-order valence-corrected chi connectivity index (χ4v) is 6.02. The van der Waals surface area contributed by atoms with Gasteiger partial charge in [-0.2, -0.15) is 4.98 Å². The van der Waals surface area contributed by atoms with Gasteiger partial charge in [0.25, 0.3) is 0 Å². The zero-order valence-corrected chi connectivity index (χ0v) is 20.8. The number of benzene rings is 1. The second-order valence-electron chi connectivity index (χ2n) is 8.79. The fourth-order valence-electron chi connectivity index (χ4n) is 5.23. The highest BCUT2D eigenvalue weighted by Crippen LogP contribution is 2.44. The minimum Gasteiger partial charge on any atom is -0.373 e. The lowest BCUT2D eigenvalue weighted by molar-refractivity contribution is -0.134. The maximum Gasteiger partial charge on any atom is 0.220 e. The van der Waals surface area contributed by atoms with Gasteiger partial charge in [-0.05, 0) is 43.5 Å². The number of rotatable bonds is 3. The van der Waals surface area contributed by atoms with Gasteiger partial charge in [-0.15, -0.1) is 0 Å². The Hall–Kier alpha value is -2.22. The predicted octanol–water partition coefficient (Wildman–Crippen LogP) is 5.32. The minimum atomic E-state index is -0.0778. The van der Waals surface area contributed by atoms with Crippen molar-refractivity contribution < 1.29 is 4.79 Å². The molecule has 0 bridgehead atoms. The van der Waals surface area contributed by atoms with Crippen molar-refractivity contribution in [3.63, 3.8) is 0 Å². The topological polar surface area (TPSA) is 68.4 Å². The van der Waals surface area contributed by atoms with E-state index >= 15 is 0 Å². The molecule has 10 heteroatoms. The normalized spacial score (nSPS) is 20.8.